The van der Waals surface area contributed by atoms with Crippen molar-refractivity contribution in [3.05, 3.63) is 35.9 Å². The molecule has 0 amide bonds. The molecule has 0 spiro atoms. The van der Waals surface area contributed by atoms with Gasteiger partial charge in [-0.15, -0.1) is 0 Å². The Hall–Kier alpha value is -1.84. The van der Waals surface area contributed by atoms with Crippen LogP contribution in [0.1, 0.15) is 64.4 Å². The number of hydrogen-bond donors (Lipinski definition) is 0. The maximum atomic E-state index is 13.8. The fourth-order valence-corrected chi connectivity index (χ4v) is 7.41. The molecule has 148 valence electrons. The first kappa shape index (κ1) is 18.2. The molecule has 5 rings (SSSR count). The molecule has 6 unspecified atom stereocenters. The van der Waals surface area contributed by atoms with Gasteiger partial charge in [-0.05, 0) is 71.5 Å². The molecular formula is C24H28FNO2. The number of allylic oxidation sites excluding steroid dienone is 2. The van der Waals surface area contributed by atoms with E-state index in [0.29, 0.717) is 42.8 Å². The average Bonchev–Trinajstić information content (AvgIpc) is 3.01. The first-order chi connectivity index (χ1) is 13.3. The van der Waals surface area contributed by atoms with E-state index in [9.17, 15) is 14.0 Å². The SMILES string of the molecule is CC12CCC3C(CC(=O)C4CC(=O)CCC43C)C1CC=C2c1cncc(F)c1. The highest BCUT2D eigenvalue weighted by molar-refractivity contribution is 5.91. The van der Waals surface area contributed by atoms with Crippen molar-refractivity contribution >= 4 is 17.1 Å². The number of carbonyl (C=O) groups is 2. The van der Waals surface area contributed by atoms with Crippen molar-refractivity contribution in [1.29, 1.82) is 0 Å². The molecule has 1 aromatic heterocycles. The lowest BCUT2D eigenvalue weighted by Crippen LogP contribution is -2.56. The zero-order valence-corrected chi connectivity index (χ0v) is 16.7. The third-order valence-corrected chi connectivity index (χ3v) is 8.88. The summed E-state index contributed by atoms with van der Waals surface area (Å²) in [5.74, 6) is 1.51. The fourth-order valence-electron chi connectivity index (χ4n) is 7.41. The molecule has 0 saturated heterocycles. The van der Waals surface area contributed by atoms with Crippen LogP contribution < -0.4 is 0 Å². The van der Waals surface area contributed by atoms with Gasteiger partial charge in [0.05, 0.1) is 6.20 Å². The van der Waals surface area contributed by atoms with Crippen molar-refractivity contribution in [2.45, 2.75) is 58.8 Å². The van der Waals surface area contributed by atoms with Crippen molar-refractivity contribution in [2.24, 2.45) is 34.5 Å². The second kappa shape index (κ2) is 6.08. The summed E-state index contributed by atoms with van der Waals surface area (Å²) in [5.41, 5.74) is 2.04. The van der Waals surface area contributed by atoms with E-state index in [2.05, 4.69) is 24.9 Å². The number of aromatic nitrogens is 1. The molecule has 28 heavy (non-hydrogen) atoms. The van der Waals surface area contributed by atoms with Gasteiger partial charge in [0.25, 0.3) is 0 Å². The molecule has 4 heteroatoms. The molecule has 0 aliphatic heterocycles. The summed E-state index contributed by atoms with van der Waals surface area (Å²) in [4.78, 5) is 29.2. The van der Waals surface area contributed by atoms with Gasteiger partial charge >= 0.3 is 0 Å². The molecule has 0 N–H and O–H groups in total. The van der Waals surface area contributed by atoms with Gasteiger partial charge in [-0.3, -0.25) is 14.6 Å². The summed E-state index contributed by atoms with van der Waals surface area (Å²) in [5, 5.41) is 0. The second-order valence-corrected chi connectivity index (χ2v) is 10.0. The van der Waals surface area contributed by atoms with E-state index in [-0.39, 0.29) is 28.3 Å². The number of rotatable bonds is 1. The maximum absolute atomic E-state index is 13.8. The Morgan fingerprint density at radius 3 is 2.71 bits per heavy atom. The smallest absolute Gasteiger partial charge is 0.142 e. The minimum atomic E-state index is -0.297. The summed E-state index contributed by atoms with van der Waals surface area (Å²) >= 11 is 0. The Balaban J connectivity index is 1.48. The van der Waals surface area contributed by atoms with Crippen molar-refractivity contribution in [2.75, 3.05) is 0 Å². The number of halogens is 1. The third-order valence-electron chi connectivity index (χ3n) is 8.88. The standard InChI is InChI=1S/C24H28FNO2/c1-23-8-6-20-17(11-22(28)21-10-16(27)5-7-24(20,21)2)19(23)4-3-18(23)14-9-15(25)13-26-12-14/h3,9,12-13,17,19-21H,4-8,10-11H2,1-2H3. The van der Waals surface area contributed by atoms with E-state index >= 15 is 0 Å². The number of carbonyl (C=O) groups excluding carboxylic acids is 2. The predicted octanol–water partition coefficient (Wildman–Crippen LogP) is 5.00. The van der Waals surface area contributed by atoms with Gasteiger partial charge in [0.15, 0.2) is 0 Å². The lowest BCUT2D eigenvalue weighted by molar-refractivity contribution is -0.155. The number of Topliss-reactive ketones (excluding diaryl/α,β-unsaturated/α-hetero) is 2. The van der Waals surface area contributed by atoms with E-state index in [1.165, 1.54) is 11.8 Å². The molecule has 1 heterocycles. The highest BCUT2D eigenvalue weighted by atomic mass is 19.1. The lowest BCUT2D eigenvalue weighted by Gasteiger charge is -2.59. The Labute approximate surface area is 165 Å². The van der Waals surface area contributed by atoms with Crippen LogP contribution in [0.25, 0.3) is 5.57 Å². The van der Waals surface area contributed by atoms with Crippen LogP contribution in [0.2, 0.25) is 0 Å². The highest BCUT2D eigenvalue weighted by Gasteiger charge is 2.60. The summed E-state index contributed by atoms with van der Waals surface area (Å²) < 4.78 is 13.8. The summed E-state index contributed by atoms with van der Waals surface area (Å²) in [6.45, 7) is 4.59. The van der Waals surface area contributed by atoms with Gasteiger partial charge < -0.3 is 0 Å². The first-order valence-corrected chi connectivity index (χ1v) is 10.7. The molecule has 4 aliphatic carbocycles. The second-order valence-electron chi connectivity index (χ2n) is 10.0. The van der Waals surface area contributed by atoms with Crippen LogP contribution >= 0.6 is 0 Å². The molecule has 3 nitrogen and oxygen atoms in total. The van der Waals surface area contributed by atoms with Crippen LogP contribution in [0.15, 0.2) is 24.5 Å². The first-order valence-electron chi connectivity index (χ1n) is 10.7. The molecule has 1 aromatic rings. The van der Waals surface area contributed by atoms with Crippen LogP contribution in [0, 0.1) is 40.3 Å². The lowest BCUT2D eigenvalue weighted by atomic mass is 9.44. The number of hydrogen-bond acceptors (Lipinski definition) is 3. The predicted molar refractivity (Wildman–Crippen MR) is 105 cm³/mol. The van der Waals surface area contributed by atoms with Gasteiger partial charge in [0.2, 0.25) is 0 Å². The molecular weight excluding hydrogens is 353 g/mol. The number of pyridine rings is 1. The van der Waals surface area contributed by atoms with Gasteiger partial charge in [0, 0.05) is 31.4 Å². The van der Waals surface area contributed by atoms with Crippen LogP contribution in [0.5, 0.6) is 0 Å². The minimum Gasteiger partial charge on any atom is -0.300 e. The number of nitrogens with zero attached hydrogens (tertiary/aromatic N) is 1. The van der Waals surface area contributed by atoms with Crippen molar-refractivity contribution in [1.82, 2.24) is 4.98 Å². The average molecular weight is 381 g/mol. The topological polar surface area (TPSA) is 47.0 Å². The van der Waals surface area contributed by atoms with Crippen molar-refractivity contribution in [3.63, 3.8) is 0 Å². The zero-order valence-electron chi connectivity index (χ0n) is 16.7. The van der Waals surface area contributed by atoms with Crippen molar-refractivity contribution < 1.29 is 14.0 Å². The van der Waals surface area contributed by atoms with Gasteiger partial charge in [-0.1, -0.05) is 19.9 Å². The Bertz CT molecular complexity index is 892. The Kier molecular flexibility index (Phi) is 3.95. The molecule has 0 aromatic carbocycles. The maximum Gasteiger partial charge on any atom is 0.142 e. The van der Waals surface area contributed by atoms with Gasteiger partial charge in [0.1, 0.15) is 17.4 Å². The van der Waals surface area contributed by atoms with Crippen LogP contribution in [0.3, 0.4) is 0 Å². The molecule has 4 aliphatic rings. The summed E-state index contributed by atoms with van der Waals surface area (Å²) in [7, 11) is 0. The van der Waals surface area contributed by atoms with Crippen LogP contribution in [-0.2, 0) is 9.59 Å². The molecule has 3 saturated carbocycles. The molecule has 0 radical (unpaired) electrons. The molecule has 0 bridgehead atoms. The molecule has 3 fully saturated rings. The number of fused-ring (bicyclic) bond motifs is 5. The van der Waals surface area contributed by atoms with Crippen LogP contribution in [0.4, 0.5) is 4.39 Å². The van der Waals surface area contributed by atoms with Gasteiger partial charge in [-0.2, -0.15) is 0 Å². The minimum absolute atomic E-state index is 0.0232. The van der Waals surface area contributed by atoms with E-state index in [1.807, 2.05) is 0 Å². The van der Waals surface area contributed by atoms with E-state index in [0.717, 1.165) is 31.2 Å². The summed E-state index contributed by atoms with van der Waals surface area (Å²) in [6.07, 6.45) is 11.0. The van der Waals surface area contributed by atoms with E-state index in [4.69, 9.17) is 0 Å². The quantitative estimate of drug-likeness (QED) is 0.687. The van der Waals surface area contributed by atoms with E-state index in [1.54, 1.807) is 12.3 Å². The normalized spacial score (nSPS) is 42.5. The Morgan fingerprint density at radius 1 is 1.11 bits per heavy atom. The number of ketones is 2. The van der Waals surface area contributed by atoms with Crippen LogP contribution in [-0.4, -0.2) is 16.6 Å². The highest BCUT2D eigenvalue weighted by Crippen LogP contribution is 2.66. The largest absolute Gasteiger partial charge is 0.300 e. The molecule has 6 atom stereocenters. The monoisotopic (exact) mass is 381 g/mol. The fraction of sp³-hybridized carbons (Fsp3) is 0.625. The van der Waals surface area contributed by atoms with E-state index < -0.39 is 0 Å². The zero-order chi connectivity index (χ0) is 19.7. The van der Waals surface area contributed by atoms with Gasteiger partial charge in [-0.25, -0.2) is 4.39 Å². The third kappa shape index (κ3) is 2.42. The van der Waals surface area contributed by atoms with Crippen molar-refractivity contribution in [3.8, 4) is 0 Å². The Morgan fingerprint density at radius 2 is 1.93 bits per heavy atom. The summed E-state index contributed by atoms with van der Waals surface area (Å²) in [6, 6.07) is 1.59.